The Morgan fingerprint density at radius 3 is 2.53 bits per heavy atom. The molecule has 0 atom stereocenters. The number of aliphatic hydroxyl groups is 1. The van der Waals surface area contributed by atoms with Gasteiger partial charge in [-0.05, 0) is 44.5 Å². The first-order chi connectivity index (χ1) is 9.04. The third-order valence-corrected chi connectivity index (χ3v) is 3.93. The molecular formula is C14H20ClNO2S. The Morgan fingerprint density at radius 1 is 1.37 bits per heavy atom. The third-order valence-electron chi connectivity index (χ3n) is 2.68. The molecule has 0 aliphatic heterocycles. The molecule has 0 aromatic heterocycles. The second-order valence-corrected chi connectivity index (χ2v) is 5.99. The number of rotatable bonds is 7. The van der Waals surface area contributed by atoms with Crippen molar-refractivity contribution in [1.82, 2.24) is 4.90 Å². The van der Waals surface area contributed by atoms with E-state index in [0.717, 1.165) is 4.90 Å². The normalized spacial score (nSPS) is 10.8. The van der Waals surface area contributed by atoms with Gasteiger partial charge in [-0.15, -0.1) is 11.8 Å². The smallest absolute Gasteiger partial charge is 0.233 e. The number of thioether (sulfide) groups is 1. The summed E-state index contributed by atoms with van der Waals surface area (Å²) in [5, 5.41) is 9.55. The highest BCUT2D eigenvalue weighted by Crippen LogP contribution is 2.21. The van der Waals surface area contributed by atoms with Crippen LogP contribution in [-0.4, -0.2) is 40.9 Å². The Hall–Kier alpha value is -0.710. The number of halogens is 1. The summed E-state index contributed by atoms with van der Waals surface area (Å²) in [6.07, 6.45) is 0.621. The molecule has 1 rings (SSSR count). The van der Waals surface area contributed by atoms with Gasteiger partial charge >= 0.3 is 0 Å². The molecule has 106 valence electrons. The van der Waals surface area contributed by atoms with Crippen LogP contribution in [0.2, 0.25) is 5.02 Å². The number of carbonyl (C=O) groups excluding carboxylic acids is 1. The summed E-state index contributed by atoms with van der Waals surface area (Å²) in [6, 6.07) is 7.62. The number of hydrogen-bond donors (Lipinski definition) is 1. The second-order valence-electron chi connectivity index (χ2n) is 4.50. The highest BCUT2D eigenvalue weighted by atomic mass is 35.5. The van der Waals surface area contributed by atoms with Crippen molar-refractivity contribution in [3.63, 3.8) is 0 Å². The van der Waals surface area contributed by atoms with E-state index in [0.29, 0.717) is 23.7 Å². The fourth-order valence-electron chi connectivity index (χ4n) is 1.67. The van der Waals surface area contributed by atoms with Crippen LogP contribution in [0, 0.1) is 0 Å². The molecule has 19 heavy (non-hydrogen) atoms. The lowest BCUT2D eigenvalue weighted by molar-refractivity contribution is -0.130. The molecule has 0 saturated heterocycles. The Kier molecular flexibility index (Phi) is 7.28. The highest BCUT2D eigenvalue weighted by molar-refractivity contribution is 8.00. The average Bonchev–Trinajstić information content (AvgIpc) is 2.38. The molecule has 0 spiro atoms. The fourth-order valence-corrected chi connectivity index (χ4v) is 2.58. The van der Waals surface area contributed by atoms with Gasteiger partial charge in [0.1, 0.15) is 0 Å². The van der Waals surface area contributed by atoms with Gasteiger partial charge in [0.05, 0.1) is 5.75 Å². The lowest BCUT2D eigenvalue weighted by Gasteiger charge is -2.26. The van der Waals surface area contributed by atoms with Crippen molar-refractivity contribution in [2.24, 2.45) is 0 Å². The van der Waals surface area contributed by atoms with E-state index in [9.17, 15) is 4.79 Å². The zero-order chi connectivity index (χ0) is 14.3. The molecule has 0 aliphatic rings. The molecular weight excluding hydrogens is 282 g/mol. The van der Waals surface area contributed by atoms with Crippen molar-refractivity contribution in [1.29, 1.82) is 0 Å². The minimum atomic E-state index is 0.100. The number of hydrogen-bond acceptors (Lipinski definition) is 3. The van der Waals surface area contributed by atoms with Crippen LogP contribution < -0.4 is 0 Å². The highest BCUT2D eigenvalue weighted by Gasteiger charge is 2.16. The average molecular weight is 302 g/mol. The van der Waals surface area contributed by atoms with Crippen LogP contribution in [0.15, 0.2) is 29.2 Å². The number of amides is 1. The number of aliphatic hydroxyl groups excluding tert-OH is 1. The van der Waals surface area contributed by atoms with Crippen LogP contribution in [0.1, 0.15) is 20.3 Å². The molecule has 1 amide bonds. The van der Waals surface area contributed by atoms with E-state index in [1.165, 1.54) is 11.8 Å². The van der Waals surface area contributed by atoms with Gasteiger partial charge in [0.15, 0.2) is 0 Å². The molecule has 0 radical (unpaired) electrons. The largest absolute Gasteiger partial charge is 0.396 e. The molecule has 1 N–H and O–H groups in total. The van der Waals surface area contributed by atoms with E-state index < -0.39 is 0 Å². The van der Waals surface area contributed by atoms with Gasteiger partial charge in [-0.3, -0.25) is 4.79 Å². The van der Waals surface area contributed by atoms with Crippen LogP contribution in [0.25, 0.3) is 0 Å². The second kappa shape index (κ2) is 8.46. The van der Waals surface area contributed by atoms with Crippen LogP contribution in [0.5, 0.6) is 0 Å². The summed E-state index contributed by atoms with van der Waals surface area (Å²) in [5.74, 6) is 0.508. The SMILES string of the molecule is CC(C)N(CCCO)C(=O)CSc1ccc(Cl)cc1. The maximum absolute atomic E-state index is 12.1. The summed E-state index contributed by atoms with van der Waals surface area (Å²) >= 11 is 7.32. The minimum Gasteiger partial charge on any atom is -0.396 e. The van der Waals surface area contributed by atoms with Crippen LogP contribution >= 0.6 is 23.4 Å². The van der Waals surface area contributed by atoms with E-state index in [4.69, 9.17) is 16.7 Å². The summed E-state index contributed by atoms with van der Waals surface area (Å²) in [4.78, 5) is 15.0. The Bertz CT molecular complexity index is 395. The predicted octanol–water partition coefficient (Wildman–Crippen LogP) is 3.05. The van der Waals surface area contributed by atoms with Gasteiger partial charge in [-0.25, -0.2) is 0 Å². The first-order valence-electron chi connectivity index (χ1n) is 6.33. The van der Waals surface area contributed by atoms with E-state index in [1.54, 1.807) is 4.90 Å². The van der Waals surface area contributed by atoms with Crippen molar-refractivity contribution in [3.05, 3.63) is 29.3 Å². The summed E-state index contributed by atoms with van der Waals surface area (Å²) in [7, 11) is 0. The maximum Gasteiger partial charge on any atom is 0.233 e. The van der Waals surface area contributed by atoms with Gasteiger partial charge in [0, 0.05) is 29.1 Å². The van der Waals surface area contributed by atoms with Gasteiger partial charge < -0.3 is 10.0 Å². The van der Waals surface area contributed by atoms with Gasteiger partial charge in [-0.1, -0.05) is 11.6 Å². The van der Waals surface area contributed by atoms with Crippen molar-refractivity contribution < 1.29 is 9.90 Å². The first-order valence-corrected chi connectivity index (χ1v) is 7.69. The minimum absolute atomic E-state index is 0.100. The predicted molar refractivity (Wildman–Crippen MR) is 80.7 cm³/mol. The molecule has 0 heterocycles. The van der Waals surface area contributed by atoms with Crippen molar-refractivity contribution in [2.75, 3.05) is 18.9 Å². The fraction of sp³-hybridized carbons (Fsp3) is 0.500. The topological polar surface area (TPSA) is 40.5 Å². The van der Waals surface area contributed by atoms with Crippen LogP contribution in [0.4, 0.5) is 0 Å². The van der Waals surface area contributed by atoms with E-state index in [-0.39, 0.29) is 18.6 Å². The monoisotopic (exact) mass is 301 g/mol. The lowest BCUT2D eigenvalue weighted by atomic mass is 10.3. The first kappa shape index (κ1) is 16.3. The molecule has 0 bridgehead atoms. The number of nitrogens with zero attached hydrogens (tertiary/aromatic N) is 1. The molecule has 0 saturated carbocycles. The molecule has 3 nitrogen and oxygen atoms in total. The third kappa shape index (κ3) is 5.85. The van der Waals surface area contributed by atoms with Crippen LogP contribution in [-0.2, 0) is 4.79 Å². The summed E-state index contributed by atoms with van der Waals surface area (Å²) in [6.45, 7) is 4.69. The van der Waals surface area contributed by atoms with E-state index in [2.05, 4.69) is 0 Å². The summed E-state index contributed by atoms with van der Waals surface area (Å²) in [5.41, 5.74) is 0. The lowest BCUT2D eigenvalue weighted by Crippen LogP contribution is -2.39. The molecule has 0 unspecified atom stereocenters. The Balaban J connectivity index is 2.49. The standard InChI is InChI=1S/C14H20ClNO2S/c1-11(2)16(8-3-9-17)14(18)10-19-13-6-4-12(15)5-7-13/h4-7,11,17H,3,8-10H2,1-2H3. The zero-order valence-electron chi connectivity index (χ0n) is 11.3. The van der Waals surface area contributed by atoms with Crippen LogP contribution in [0.3, 0.4) is 0 Å². The van der Waals surface area contributed by atoms with E-state index >= 15 is 0 Å². The zero-order valence-corrected chi connectivity index (χ0v) is 12.9. The molecule has 0 aliphatic carbocycles. The maximum atomic E-state index is 12.1. The van der Waals surface area contributed by atoms with Crippen molar-refractivity contribution in [3.8, 4) is 0 Å². The van der Waals surface area contributed by atoms with Gasteiger partial charge in [-0.2, -0.15) is 0 Å². The number of benzene rings is 1. The van der Waals surface area contributed by atoms with Crippen molar-refractivity contribution in [2.45, 2.75) is 31.2 Å². The number of carbonyl (C=O) groups is 1. The quantitative estimate of drug-likeness (QED) is 0.787. The van der Waals surface area contributed by atoms with Crippen molar-refractivity contribution >= 4 is 29.3 Å². The molecule has 1 aromatic rings. The Labute approximate surface area is 123 Å². The molecule has 0 fully saturated rings. The summed E-state index contributed by atoms with van der Waals surface area (Å²) < 4.78 is 0. The molecule has 1 aromatic carbocycles. The van der Waals surface area contributed by atoms with Gasteiger partial charge in [0.2, 0.25) is 5.91 Å². The van der Waals surface area contributed by atoms with Gasteiger partial charge in [0.25, 0.3) is 0 Å². The Morgan fingerprint density at radius 2 is 2.00 bits per heavy atom. The van der Waals surface area contributed by atoms with E-state index in [1.807, 2.05) is 38.1 Å². The molecule has 5 heteroatoms.